The van der Waals surface area contributed by atoms with E-state index in [9.17, 15) is 4.79 Å². The number of carbonyl (C=O) groups is 1. The van der Waals surface area contributed by atoms with E-state index in [1.54, 1.807) is 18.2 Å². The fourth-order valence-electron chi connectivity index (χ4n) is 0.967. The van der Waals surface area contributed by atoms with Crippen LogP contribution in [0.4, 0.5) is 5.69 Å². The highest BCUT2D eigenvalue weighted by Gasteiger charge is 1.86. The van der Waals surface area contributed by atoms with Gasteiger partial charge >= 0.3 is 5.97 Å². The van der Waals surface area contributed by atoms with Gasteiger partial charge in [0, 0.05) is 11.8 Å². The van der Waals surface area contributed by atoms with E-state index in [1.165, 1.54) is 6.08 Å². The average Bonchev–Trinajstić information content (AvgIpc) is 2.12. The molecular weight excluding hydrogens is 178 g/mol. The topological polar surface area (TPSA) is 63.3 Å². The SMILES string of the molecule is Nc1cccc(/C=C/C=C/C(=O)O)c1. The van der Waals surface area contributed by atoms with Crippen molar-refractivity contribution in [3.63, 3.8) is 0 Å². The highest BCUT2D eigenvalue weighted by atomic mass is 16.4. The molecule has 0 heterocycles. The van der Waals surface area contributed by atoms with Crippen molar-refractivity contribution < 1.29 is 9.90 Å². The molecule has 1 aromatic carbocycles. The molecule has 3 N–H and O–H groups in total. The molecule has 0 bridgehead atoms. The van der Waals surface area contributed by atoms with Crippen molar-refractivity contribution in [2.24, 2.45) is 0 Å². The number of hydrogen-bond donors (Lipinski definition) is 2. The van der Waals surface area contributed by atoms with Crippen LogP contribution in [-0.2, 0) is 4.79 Å². The van der Waals surface area contributed by atoms with Gasteiger partial charge in [-0.25, -0.2) is 4.79 Å². The van der Waals surface area contributed by atoms with Gasteiger partial charge in [0.05, 0.1) is 0 Å². The molecular formula is C11H11NO2. The summed E-state index contributed by atoms with van der Waals surface area (Å²) < 4.78 is 0. The second kappa shape index (κ2) is 4.87. The molecule has 0 amide bonds. The fraction of sp³-hybridized carbons (Fsp3) is 0. The molecule has 0 radical (unpaired) electrons. The highest BCUT2D eigenvalue weighted by Crippen LogP contribution is 2.07. The van der Waals surface area contributed by atoms with E-state index in [4.69, 9.17) is 10.8 Å². The number of benzene rings is 1. The molecule has 3 nitrogen and oxygen atoms in total. The molecule has 0 aliphatic heterocycles. The van der Waals surface area contributed by atoms with Crippen LogP contribution in [0.25, 0.3) is 6.08 Å². The maximum absolute atomic E-state index is 10.1. The molecule has 3 heteroatoms. The zero-order chi connectivity index (χ0) is 10.4. The number of allylic oxidation sites excluding steroid dienone is 2. The largest absolute Gasteiger partial charge is 0.478 e. The van der Waals surface area contributed by atoms with Crippen LogP contribution in [-0.4, -0.2) is 11.1 Å². The summed E-state index contributed by atoms with van der Waals surface area (Å²) >= 11 is 0. The third kappa shape index (κ3) is 3.58. The Morgan fingerprint density at radius 3 is 2.79 bits per heavy atom. The fourth-order valence-corrected chi connectivity index (χ4v) is 0.967. The summed E-state index contributed by atoms with van der Waals surface area (Å²) in [6, 6.07) is 7.34. The Hall–Kier alpha value is -2.03. The van der Waals surface area contributed by atoms with Crippen LogP contribution in [0.15, 0.2) is 42.5 Å². The lowest BCUT2D eigenvalue weighted by Crippen LogP contribution is -1.84. The molecule has 0 aliphatic carbocycles. The van der Waals surface area contributed by atoms with Crippen LogP contribution in [0.2, 0.25) is 0 Å². The Morgan fingerprint density at radius 1 is 1.36 bits per heavy atom. The Balaban J connectivity index is 2.64. The van der Waals surface area contributed by atoms with E-state index in [0.29, 0.717) is 5.69 Å². The molecule has 0 unspecified atom stereocenters. The van der Waals surface area contributed by atoms with E-state index in [0.717, 1.165) is 11.6 Å². The van der Waals surface area contributed by atoms with Gasteiger partial charge in [-0.15, -0.1) is 0 Å². The van der Waals surface area contributed by atoms with Crippen LogP contribution in [0.3, 0.4) is 0 Å². The number of hydrogen-bond acceptors (Lipinski definition) is 2. The van der Waals surface area contributed by atoms with Gasteiger partial charge in [-0.2, -0.15) is 0 Å². The summed E-state index contributed by atoms with van der Waals surface area (Å²) in [5.41, 5.74) is 7.20. The number of aliphatic carboxylic acids is 1. The van der Waals surface area contributed by atoms with E-state index in [1.807, 2.05) is 18.2 Å². The van der Waals surface area contributed by atoms with Gasteiger partial charge in [-0.1, -0.05) is 30.4 Å². The minimum Gasteiger partial charge on any atom is -0.478 e. The molecule has 1 aromatic rings. The number of rotatable bonds is 3. The van der Waals surface area contributed by atoms with Gasteiger partial charge < -0.3 is 10.8 Å². The number of carboxylic acid groups (broad SMARTS) is 1. The highest BCUT2D eigenvalue weighted by molar-refractivity contribution is 5.80. The Bertz CT molecular complexity index is 381. The summed E-state index contributed by atoms with van der Waals surface area (Å²) in [7, 11) is 0. The third-order valence-electron chi connectivity index (χ3n) is 1.55. The van der Waals surface area contributed by atoms with Gasteiger partial charge in [0.15, 0.2) is 0 Å². The summed E-state index contributed by atoms with van der Waals surface area (Å²) in [6.07, 6.45) is 5.98. The summed E-state index contributed by atoms with van der Waals surface area (Å²) in [6.45, 7) is 0. The van der Waals surface area contributed by atoms with Crippen LogP contribution >= 0.6 is 0 Å². The quantitative estimate of drug-likeness (QED) is 0.433. The monoisotopic (exact) mass is 189 g/mol. The lowest BCUT2D eigenvalue weighted by Gasteiger charge is -1.93. The minimum absolute atomic E-state index is 0.689. The van der Waals surface area contributed by atoms with Crippen LogP contribution in [0.5, 0.6) is 0 Å². The number of anilines is 1. The summed E-state index contributed by atoms with van der Waals surface area (Å²) in [5.74, 6) is -0.956. The number of nitrogens with two attached hydrogens (primary N) is 1. The van der Waals surface area contributed by atoms with Gasteiger partial charge in [-0.3, -0.25) is 0 Å². The summed E-state index contributed by atoms with van der Waals surface area (Å²) in [5, 5.41) is 8.31. The Labute approximate surface area is 82.2 Å². The van der Waals surface area contributed by atoms with Crippen LogP contribution < -0.4 is 5.73 Å². The second-order valence-corrected chi connectivity index (χ2v) is 2.73. The molecule has 72 valence electrons. The second-order valence-electron chi connectivity index (χ2n) is 2.73. The van der Waals surface area contributed by atoms with Gasteiger partial charge in [0.2, 0.25) is 0 Å². The zero-order valence-electron chi connectivity index (χ0n) is 7.55. The normalized spacial score (nSPS) is 11.1. The first-order chi connectivity index (χ1) is 6.68. The first-order valence-electron chi connectivity index (χ1n) is 4.12. The molecule has 14 heavy (non-hydrogen) atoms. The third-order valence-corrected chi connectivity index (χ3v) is 1.55. The van der Waals surface area contributed by atoms with Crippen LogP contribution in [0.1, 0.15) is 5.56 Å². The molecule has 0 spiro atoms. The lowest BCUT2D eigenvalue weighted by atomic mass is 10.2. The van der Waals surface area contributed by atoms with Crippen molar-refractivity contribution in [1.29, 1.82) is 0 Å². The zero-order valence-corrected chi connectivity index (χ0v) is 7.55. The lowest BCUT2D eigenvalue weighted by molar-refractivity contribution is -0.131. The van der Waals surface area contributed by atoms with Gasteiger partial charge in [0.1, 0.15) is 0 Å². The Morgan fingerprint density at radius 2 is 2.14 bits per heavy atom. The Kier molecular flexibility index (Phi) is 3.49. The van der Waals surface area contributed by atoms with E-state index in [-0.39, 0.29) is 0 Å². The van der Waals surface area contributed by atoms with E-state index in [2.05, 4.69) is 0 Å². The van der Waals surface area contributed by atoms with Crippen LogP contribution in [0, 0.1) is 0 Å². The maximum Gasteiger partial charge on any atom is 0.328 e. The molecule has 0 fully saturated rings. The van der Waals surface area contributed by atoms with Gasteiger partial charge in [0.25, 0.3) is 0 Å². The van der Waals surface area contributed by atoms with Crippen molar-refractivity contribution in [3.8, 4) is 0 Å². The predicted octanol–water partition coefficient (Wildman–Crippen LogP) is 1.92. The average molecular weight is 189 g/mol. The van der Waals surface area contributed by atoms with Crippen molar-refractivity contribution in [2.75, 3.05) is 5.73 Å². The molecule has 0 saturated heterocycles. The predicted molar refractivity (Wildman–Crippen MR) is 56.7 cm³/mol. The van der Waals surface area contributed by atoms with Gasteiger partial charge in [-0.05, 0) is 17.7 Å². The van der Waals surface area contributed by atoms with Crippen molar-refractivity contribution in [2.45, 2.75) is 0 Å². The van der Waals surface area contributed by atoms with E-state index < -0.39 is 5.97 Å². The van der Waals surface area contributed by atoms with Crippen molar-refractivity contribution >= 4 is 17.7 Å². The first-order valence-corrected chi connectivity index (χ1v) is 4.12. The van der Waals surface area contributed by atoms with Crippen molar-refractivity contribution in [3.05, 3.63) is 48.1 Å². The molecule has 0 atom stereocenters. The van der Waals surface area contributed by atoms with E-state index >= 15 is 0 Å². The number of carboxylic acids is 1. The first kappa shape index (κ1) is 10.1. The molecule has 0 aromatic heterocycles. The standard InChI is InChI=1S/C11H11NO2/c12-10-6-3-5-9(8-10)4-1-2-7-11(13)14/h1-8H,12H2,(H,13,14)/b4-1+,7-2+. The molecule has 0 saturated carbocycles. The molecule has 1 rings (SSSR count). The smallest absolute Gasteiger partial charge is 0.328 e. The molecule has 0 aliphatic rings. The minimum atomic E-state index is -0.956. The number of nitrogen functional groups attached to an aromatic ring is 1. The maximum atomic E-state index is 10.1. The van der Waals surface area contributed by atoms with Crippen molar-refractivity contribution in [1.82, 2.24) is 0 Å². The summed E-state index contributed by atoms with van der Waals surface area (Å²) in [4.78, 5) is 10.1.